The number of anilines is 1. The molecule has 0 spiro atoms. The van der Waals surface area contributed by atoms with Crippen molar-refractivity contribution >= 4 is 5.82 Å². The number of piperidine rings is 1. The molecule has 0 atom stereocenters. The first-order valence-corrected chi connectivity index (χ1v) is 10.6. The van der Waals surface area contributed by atoms with E-state index >= 15 is 0 Å². The lowest BCUT2D eigenvalue weighted by molar-refractivity contribution is 0.199. The Bertz CT molecular complexity index is 788. The van der Waals surface area contributed by atoms with E-state index in [0.717, 1.165) is 24.6 Å². The van der Waals surface area contributed by atoms with Crippen molar-refractivity contribution in [3.63, 3.8) is 0 Å². The highest BCUT2D eigenvalue weighted by molar-refractivity contribution is 5.43. The number of nitrogens with zero attached hydrogens (tertiary/aromatic N) is 6. The number of hydrogen-bond acceptors (Lipinski definition) is 5. The summed E-state index contributed by atoms with van der Waals surface area (Å²) in [5.41, 5.74) is 4.01. The van der Waals surface area contributed by atoms with Crippen LogP contribution in [0, 0.1) is 6.92 Å². The molecule has 2 fully saturated rings. The van der Waals surface area contributed by atoms with Gasteiger partial charge in [-0.1, -0.05) is 0 Å². The van der Waals surface area contributed by atoms with E-state index in [2.05, 4.69) is 48.7 Å². The summed E-state index contributed by atoms with van der Waals surface area (Å²) >= 11 is 0. The molecule has 0 aromatic carbocycles. The first-order chi connectivity index (χ1) is 13.3. The molecule has 0 bridgehead atoms. The molecule has 6 nitrogen and oxygen atoms in total. The molecular weight excluding hydrogens is 336 g/mol. The maximum absolute atomic E-state index is 4.61. The third-order valence-corrected chi connectivity index (χ3v) is 6.41. The van der Waals surface area contributed by atoms with Crippen molar-refractivity contribution in [3.05, 3.63) is 35.5 Å². The number of aryl methyl sites for hydroxylation is 2. The summed E-state index contributed by atoms with van der Waals surface area (Å²) in [5, 5.41) is 4.61. The summed E-state index contributed by atoms with van der Waals surface area (Å²) in [6.45, 7) is 6.57. The zero-order chi connectivity index (χ0) is 18.2. The van der Waals surface area contributed by atoms with Gasteiger partial charge in [-0.3, -0.25) is 9.58 Å². The average molecular weight is 367 g/mol. The Hall–Kier alpha value is -1.95. The van der Waals surface area contributed by atoms with Crippen molar-refractivity contribution in [1.82, 2.24) is 24.6 Å². The number of fused-ring (bicyclic) bond motifs is 1. The highest BCUT2D eigenvalue weighted by Gasteiger charge is 2.36. The molecule has 3 aliphatic rings. The minimum Gasteiger partial charge on any atom is -0.350 e. The van der Waals surface area contributed by atoms with Gasteiger partial charge in [0.2, 0.25) is 0 Å². The Morgan fingerprint density at radius 3 is 2.63 bits per heavy atom. The topological polar surface area (TPSA) is 50.1 Å². The summed E-state index contributed by atoms with van der Waals surface area (Å²) in [5.74, 6) is 1.13. The molecule has 2 aromatic rings. The molecule has 2 aliphatic heterocycles. The molecule has 27 heavy (non-hydrogen) atoms. The molecule has 0 N–H and O–H groups in total. The van der Waals surface area contributed by atoms with Crippen molar-refractivity contribution in [3.8, 4) is 0 Å². The van der Waals surface area contributed by atoms with Crippen LogP contribution in [0.4, 0.5) is 5.82 Å². The molecule has 2 aromatic heterocycles. The molecule has 1 saturated carbocycles. The van der Waals surface area contributed by atoms with Gasteiger partial charge in [-0.05, 0) is 51.9 Å². The molecule has 1 saturated heterocycles. The lowest BCUT2D eigenvalue weighted by atomic mass is 10.0. The van der Waals surface area contributed by atoms with Crippen LogP contribution in [0.1, 0.15) is 55.5 Å². The second kappa shape index (κ2) is 7.23. The molecule has 5 rings (SSSR count). The number of rotatable bonds is 5. The third-order valence-electron chi connectivity index (χ3n) is 6.41. The minimum atomic E-state index is 0.615. The van der Waals surface area contributed by atoms with E-state index in [1.54, 1.807) is 6.33 Å². The summed E-state index contributed by atoms with van der Waals surface area (Å²) in [6, 6.07) is 3.46. The van der Waals surface area contributed by atoms with Crippen LogP contribution < -0.4 is 4.90 Å². The SMILES string of the molecule is Cc1cc(N(C2CC2)C2CCN(Cc3cnn4c3CCCC4)CC2)ncn1. The number of likely N-dealkylation sites (tertiary alicyclic amines) is 1. The van der Waals surface area contributed by atoms with Crippen molar-refractivity contribution in [1.29, 1.82) is 0 Å². The van der Waals surface area contributed by atoms with Crippen LogP contribution in [-0.2, 0) is 19.5 Å². The fourth-order valence-electron chi connectivity index (χ4n) is 4.82. The van der Waals surface area contributed by atoms with Crippen LogP contribution in [-0.4, -0.2) is 49.8 Å². The maximum atomic E-state index is 4.61. The van der Waals surface area contributed by atoms with Crippen LogP contribution in [0.2, 0.25) is 0 Å². The van der Waals surface area contributed by atoms with Crippen molar-refractivity contribution in [2.75, 3.05) is 18.0 Å². The van der Waals surface area contributed by atoms with Crippen LogP contribution in [0.15, 0.2) is 18.6 Å². The van der Waals surface area contributed by atoms with E-state index in [4.69, 9.17) is 0 Å². The van der Waals surface area contributed by atoms with Gasteiger partial charge in [-0.25, -0.2) is 9.97 Å². The first-order valence-electron chi connectivity index (χ1n) is 10.6. The lowest BCUT2D eigenvalue weighted by Crippen LogP contribution is -2.46. The molecule has 4 heterocycles. The Labute approximate surface area is 161 Å². The second-order valence-corrected chi connectivity index (χ2v) is 8.46. The van der Waals surface area contributed by atoms with Gasteiger partial charge >= 0.3 is 0 Å². The largest absolute Gasteiger partial charge is 0.350 e. The zero-order valence-corrected chi connectivity index (χ0v) is 16.3. The Kier molecular flexibility index (Phi) is 4.60. The number of aromatic nitrogens is 4. The van der Waals surface area contributed by atoms with Gasteiger partial charge in [0.1, 0.15) is 12.1 Å². The van der Waals surface area contributed by atoms with Crippen molar-refractivity contribution in [2.24, 2.45) is 0 Å². The predicted octanol–water partition coefficient (Wildman–Crippen LogP) is 2.95. The average Bonchev–Trinajstić information content (AvgIpc) is 3.44. The van der Waals surface area contributed by atoms with Crippen molar-refractivity contribution in [2.45, 2.75) is 77.0 Å². The van der Waals surface area contributed by atoms with Gasteiger partial charge in [-0.15, -0.1) is 0 Å². The van der Waals surface area contributed by atoms with Crippen LogP contribution in [0.5, 0.6) is 0 Å². The van der Waals surface area contributed by atoms with Crippen LogP contribution in [0.3, 0.4) is 0 Å². The van der Waals surface area contributed by atoms with Gasteiger partial charge in [0, 0.05) is 61.3 Å². The summed E-state index contributed by atoms with van der Waals surface area (Å²) < 4.78 is 2.23. The van der Waals surface area contributed by atoms with Gasteiger partial charge in [0.05, 0.1) is 6.20 Å². The predicted molar refractivity (Wildman–Crippen MR) is 106 cm³/mol. The lowest BCUT2D eigenvalue weighted by Gasteiger charge is -2.39. The van der Waals surface area contributed by atoms with E-state index in [9.17, 15) is 0 Å². The van der Waals surface area contributed by atoms with Gasteiger partial charge in [0.15, 0.2) is 0 Å². The standard InChI is InChI=1S/C21H30N6/c1-16-12-21(23-15-22-16)27(18-5-6-18)19-7-10-25(11-8-19)14-17-13-24-26-9-3-2-4-20(17)26/h12-13,15,18-19H,2-11,14H2,1H3. The summed E-state index contributed by atoms with van der Waals surface area (Å²) in [6.07, 6.45) is 12.7. The molecule has 6 heteroatoms. The molecule has 0 unspecified atom stereocenters. The summed E-state index contributed by atoms with van der Waals surface area (Å²) in [7, 11) is 0. The second-order valence-electron chi connectivity index (χ2n) is 8.46. The normalized spacial score (nSPS) is 21.2. The first kappa shape index (κ1) is 17.2. The Balaban J connectivity index is 1.24. The Morgan fingerprint density at radius 1 is 1.04 bits per heavy atom. The molecule has 0 radical (unpaired) electrons. The number of hydrogen-bond donors (Lipinski definition) is 0. The highest BCUT2D eigenvalue weighted by Crippen LogP contribution is 2.35. The van der Waals surface area contributed by atoms with E-state index in [-0.39, 0.29) is 0 Å². The van der Waals surface area contributed by atoms with Crippen LogP contribution in [0.25, 0.3) is 0 Å². The third kappa shape index (κ3) is 3.59. The van der Waals surface area contributed by atoms with E-state index in [1.807, 2.05) is 0 Å². The van der Waals surface area contributed by atoms with Gasteiger partial charge < -0.3 is 4.90 Å². The summed E-state index contributed by atoms with van der Waals surface area (Å²) in [4.78, 5) is 14.1. The van der Waals surface area contributed by atoms with E-state index < -0.39 is 0 Å². The zero-order valence-electron chi connectivity index (χ0n) is 16.3. The maximum Gasteiger partial charge on any atom is 0.132 e. The monoisotopic (exact) mass is 366 g/mol. The highest BCUT2D eigenvalue weighted by atomic mass is 15.3. The fraction of sp³-hybridized carbons (Fsp3) is 0.667. The smallest absolute Gasteiger partial charge is 0.132 e. The molecular formula is C21H30N6. The minimum absolute atomic E-state index is 0.615. The Morgan fingerprint density at radius 2 is 1.85 bits per heavy atom. The van der Waals surface area contributed by atoms with Gasteiger partial charge in [0.25, 0.3) is 0 Å². The quantitative estimate of drug-likeness (QED) is 0.814. The van der Waals surface area contributed by atoms with Crippen LogP contribution >= 0.6 is 0 Å². The van der Waals surface area contributed by atoms with E-state index in [0.29, 0.717) is 12.1 Å². The molecule has 144 valence electrons. The van der Waals surface area contributed by atoms with Gasteiger partial charge in [-0.2, -0.15) is 5.10 Å². The molecule has 1 aliphatic carbocycles. The van der Waals surface area contributed by atoms with E-state index in [1.165, 1.54) is 69.3 Å². The van der Waals surface area contributed by atoms with Crippen molar-refractivity contribution < 1.29 is 0 Å². The fourth-order valence-corrected chi connectivity index (χ4v) is 4.82. The molecule has 0 amide bonds.